The van der Waals surface area contributed by atoms with Gasteiger partial charge < -0.3 is 10.3 Å². The quantitative estimate of drug-likeness (QED) is 0.620. The summed E-state index contributed by atoms with van der Waals surface area (Å²) in [7, 11) is 0. The third-order valence-electron chi connectivity index (χ3n) is 5.05. The van der Waals surface area contributed by atoms with Crippen molar-refractivity contribution in [2.24, 2.45) is 5.92 Å². The van der Waals surface area contributed by atoms with Crippen molar-refractivity contribution in [2.75, 3.05) is 11.6 Å². The van der Waals surface area contributed by atoms with Gasteiger partial charge in [0.2, 0.25) is 0 Å². The van der Waals surface area contributed by atoms with Crippen molar-refractivity contribution in [3.63, 3.8) is 0 Å². The third-order valence-corrected chi connectivity index (χ3v) is 6.92. The lowest BCUT2D eigenvalue weighted by molar-refractivity contribution is 0.509. The van der Waals surface area contributed by atoms with Crippen LogP contribution in [0.1, 0.15) is 42.6 Å². The van der Waals surface area contributed by atoms with Crippen LogP contribution in [0.4, 0.5) is 5.69 Å². The van der Waals surface area contributed by atoms with Crippen molar-refractivity contribution in [3.8, 4) is 0 Å². The van der Waals surface area contributed by atoms with Crippen LogP contribution < -0.4 is 10.9 Å². The number of thiophene rings is 1. The summed E-state index contributed by atoms with van der Waals surface area (Å²) < 4.78 is 0. The number of aromatic amines is 1. The molecule has 0 aliphatic heterocycles. The van der Waals surface area contributed by atoms with Crippen molar-refractivity contribution in [1.29, 1.82) is 0 Å². The Bertz CT molecular complexity index is 1010. The Balaban J connectivity index is 1.67. The average Bonchev–Trinajstić information content (AvgIpc) is 2.99. The maximum Gasteiger partial charge on any atom is 0.259 e. The van der Waals surface area contributed by atoms with Crippen LogP contribution in [0, 0.1) is 5.92 Å². The zero-order valence-electron chi connectivity index (χ0n) is 15.3. The molecule has 2 aromatic heterocycles. The highest BCUT2D eigenvalue weighted by molar-refractivity contribution is 7.98. The van der Waals surface area contributed by atoms with E-state index in [1.165, 1.54) is 15.3 Å². The Labute approximate surface area is 161 Å². The second-order valence-electron chi connectivity index (χ2n) is 7.08. The molecule has 2 atom stereocenters. The third kappa shape index (κ3) is 3.28. The van der Waals surface area contributed by atoms with Crippen LogP contribution in [0.25, 0.3) is 10.2 Å². The molecule has 1 aliphatic rings. The Kier molecular flexibility index (Phi) is 4.80. The number of thioether (sulfide) groups is 1. The molecule has 1 aromatic carbocycles. The smallest absolute Gasteiger partial charge is 0.259 e. The highest BCUT2D eigenvalue weighted by Gasteiger charge is 2.23. The molecule has 0 bridgehead atoms. The van der Waals surface area contributed by atoms with E-state index in [2.05, 4.69) is 35.6 Å². The van der Waals surface area contributed by atoms with Gasteiger partial charge in [-0.1, -0.05) is 13.0 Å². The molecule has 0 amide bonds. The summed E-state index contributed by atoms with van der Waals surface area (Å²) in [5.41, 5.74) is 2.27. The van der Waals surface area contributed by atoms with E-state index in [0.29, 0.717) is 11.7 Å². The molecule has 4 nitrogen and oxygen atoms in total. The topological polar surface area (TPSA) is 57.8 Å². The van der Waals surface area contributed by atoms with E-state index in [1.54, 1.807) is 23.1 Å². The van der Waals surface area contributed by atoms with Gasteiger partial charge in [-0.2, -0.15) is 0 Å². The summed E-state index contributed by atoms with van der Waals surface area (Å²) >= 11 is 3.41. The lowest BCUT2D eigenvalue weighted by Gasteiger charge is -2.17. The molecular formula is C20H23N3OS2. The van der Waals surface area contributed by atoms with Crippen molar-refractivity contribution in [3.05, 3.63) is 50.9 Å². The predicted molar refractivity (Wildman–Crippen MR) is 112 cm³/mol. The summed E-state index contributed by atoms with van der Waals surface area (Å²) in [6.07, 6.45) is 5.29. The average molecular weight is 386 g/mol. The van der Waals surface area contributed by atoms with Gasteiger partial charge in [-0.3, -0.25) is 4.79 Å². The number of H-pyrrole nitrogens is 1. The van der Waals surface area contributed by atoms with E-state index in [9.17, 15) is 4.79 Å². The van der Waals surface area contributed by atoms with Gasteiger partial charge in [-0.15, -0.1) is 23.1 Å². The molecule has 4 rings (SSSR count). The van der Waals surface area contributed by atoms with Crippen molar-refractivity contribution in [1.82, 2.24) is 9.97 Å². The highest BCUT2D eigenvalue weighted by atomic mass is 32.2. The van der Waals surface area contributed by atoms with E-state index in [4.69, 9.17) is 4.98 Å². The van der Waals surface area contributed by atoms with Crippen molar-refractivity contribution >= 4 is 39.0 Å². The molecule has 0 unspecified atom stereocenters. The molecule has 2 heterocycles. The van der Waals surface area contributed by atoms with Crippen LogP contribution in [0.5, 0.6) is 0 Å². The zero-order valence-corrected chi connectivity index (χ0v) is 16.9. The first-order valence-electron chi connectivity index (χ1n) is 9.00. The SMILES string of the molecule is CSc1cccc(N[C@H](C)c2nc3sc4c(c3c(=O)[nH]2)CC[C@H](C)C4)c1. The molecule has 1 aliphatic carbocycles. The fourth-order valence-corrected chi connectivity index (χ4v) is 5.45. The van der Waals surface area contributed by atoms with Gasteiger partial charge in [0.1, 0.15) is 10.7 Å². The minimum absolute atomic E-state index is 0.00330. The molecular weight excluding hydrogens is 362 g/mol. The largest absolute Gasteiger partial charge is 0.375 e. The standard InChI is InChI=1S/C20H23N3OS2/c1-11-7-8-15-16(9-11)26-20-17(15)19(24)22-18(23-20)12(2)21-13-5-4-6-14(10-13)25-3/h4-6,10-12,21H,7-9H2,1-3H3,(H,22,23,24)/t11-,12+/m0/s1. The van der Waals surface area contributed by atoms with Crippen LogP contribution in [-0.2, 0) is 12.8 Å². The summed E-state index contributed by atoms with van der Waals surface area (Å²) in [5.74, 6) is 1.39. The molecule has 6 heteroatoms. The Hall–Kier alpha value is -1.79. The Morgan fingerprint density at radius 2 is 2.27 bits per heavy atom. The maximum atomic E-state index is 12.8. The minimum atomic E-state index is -0.0674. The first kappa shape index (κ1) is 17.6. The van der Waals surface area contributed by atoms with Crippen LogP contribution in [0.15, 0.2) is 34.0 Å². The van der Waals surface area contributed by atoms with Gasteiger partial charge in [0.15, 0.2) is 0 Å². The van der Waals surface area contributed by atoms with Crippen LogP contribution >= 0.6 is 23.1 Å². The van der Waals surface area contributed by atoms with E-state index in [1.807, 2.05) is 19.1 Å². The highest BCUT2D eigenvalue weighted by Crippen LogP contribution is 2.36. The number of hydrogen-bond acceptors (Lipinski definition) is 5. The number of benzene rings is 1. The second kappa shape index (κ2) is 7.08. The molecule has 136 valence electrons. The van der Waals surface area contributed by atoms with E-state index < -0.39 is 0 Å². The number of aryl methyl sites for hydroxylation is 1. The number of hydrogen-bond donors (Lipinski definition) is 2. The summed E-state index contributed by atoms with van der Waals surface area (Å²) in [5, 5.41) is 4.27. The minimum Gasteiger partial charge on any atom is -0.375 e. The molecule has 0 saturated carbocycles. The molecule has 0 saturated heterocycles. The van der Waals surface area contributed by atoms with Gasteiger partial charge in [-0.25, -0.2) is 4.98 Å². The predicted octanol–water partition coefficient (Wildman–Crippen LogP) is 5.00. The normalized spacial score (nSPS) is 17.9. The Morgan fingerprint density at radius 1 is 1.42 bits per heavy atom. The number of rotatable bonds is 4. The molecule has 0 fully saturated rings. The van der Waals surface area contributed by atoms with E-state index in [-0.39, 0.29) is 11.6 Å². The van der Waals surface area contributed by atoms with Gasteiger partial charge in [0.05, 0.1) is 11.4 Å². The number of nitrogens with one attached hydrogen (secondary N) is 2. The molecule has 3 aromatic rings. The lowest BCUT2D eigenvalue weighted by atomic mass is 9.89. The van der Waals surface area contributed by atoms with Gasteiger partial charge >= 0.3 is 0 Å². The van der Waals surface area contributed by atoms with Crippen LogP contribution in [0.2, 0.25) is 0 Å². The lowest BCUT2D eigenvalue weighted by Crippen LogP contribution is -2.18. The first-order chi connectivity index (χ1) is 12.5. The zero-order chi connectivity index (χ0) is 18.3. The van der Waals surface area contributed by atoms with Crippen LogP contribution in [0.3, 0.4) is 0 Å². The molecule has 0 radical (unpaired) electrons. The number of fused-ring (bicyclic) bond motifs is 3. The fraction of sp³-hybridized carbons (Fsp3) is 0.400. The maximum absolute atomic E-state index is 12.8. The summed E-state index contributed by atoms with van der Waals surface area (Å²) in [4.78, 5) is 24.0. The van der Waals surface area contributed by atoms with Crippen LogP contribution in [-0.4, -0.2) is 16.2 Å². The number of nitrogens with zero attached hydrogens (tertiary/aromatic N) is 1. The van der Waals surface area contributed by atoms with E-state index in [0.717, 1.165) is 35.2 Å². The van der Waals surface area contributed by atoms with Gasteiger partial charge in [-0.05, 0) is 62.1 Å². The number of aromatic nitrogens is 2. The fourth-order valence-electron chi connectivity index (χ4n) is 3.60. The second-order valence-corrected chi connectivity index (χ2v) is 9.04. The monoisotopic (exact) mass is 385 g/mol. The molecule has 26 heavy (non-hydrogen) atoms. The van der Waals surface area contributed by atoms with E-state index >= 15 is 0 Å². The summed E-state index contributed by atoms with van der Waals surface area (Å²) in [6, 6.07) is 8.21. The van der Waals surface area contributed by atoms with Crippen molar-refractivity contribution < 1.29 is 0 Å². The van der Waals surface area contributed by atoms with Gasteiger partial charge in [0.25, 0.3) is 5.56 Å². The summed E-state index contributed by atoms with van der Waals surface area (Å²) in [6.45, 7) is 4.32. The molecule has 0 spiro atoms. The van der Waals surface area contributed by atoms with Gasteiger partial charge in [0, 0.05) is 15.5 Å². The Morgan fingerprint density at radius 3 is 3.08 bits per heavy atom. The number of anilines is 1. The first-order valence-corrected chi connectivity index (χ1v) is 11.0. The molecule has 2 N–H and O–H groups in total. The van der Waals surface area contributed by atoms with Crippen molar-refractivity contribution in [2.45, 2.75) is 44.0 Å².